The number of hydrogen-bond acceptors (Lipinski definition) is 3. The summed E-state index contributed by atoms with van der Waals surface area (Å²) < 4.78 is 4.75. The minimum Gasteiger partial charge on any atom is -0.865 e. The zero-order valence-electron chi connectivity index (χ0n) is 5.38. The maximum absolute atomic E-state index is 10.4. The second-order valence-electron chi connectivity index (χ2n) is 1.31. The van der Waals surface area contributed by atoms with Gasteiger partial charge in [0.15, 0.2) is 0 Å². The third-order valence-corrected chi connectivity index (χ3v) is 1.49. The van der Waals surface area contributed by atoms with E-state index in [0.29, 0.717) is 5.75 Å². The summed E-state index contributed by atoms with van der Waals surface area (Å²) in [5.74, 6) is 0.653. The summed E-state index contributed by atoms with van der Waals surface area (Å²) in [5, 5.41) is 12.1. The summed E-state index contributed by atoms with van der Waals surface area (Å²) in [4.78, 5) is 0. The molecule has 0 radical (unpaired) electrons. The smallest absolute Gasteiger partial charge is 0.865 e. The summed E-state index contributed by atoms with van der Waals surface area (Å²) in [6.45, 7) is 0. The van der Waals surface area contributed by atoms with Crippen LogP contribution in [0.2, 0.25) is 0 Å². The molecule has 1 aromatic rings. The minimum absolute atomic E-state index is 0. The molecule has 0 aliphatic carbocycles. The normalized spacial score (nSPS) is 8.11. The SMILES string of the molecule is COc1csc([O-])c1.[Na+]. The summed E-state index contributed by atoms with van der Waals surface area (Å²) in [5.41, 5.74) is 0. The van der Waals surface area contributed by atoms with Gasteiger partial charge in [-0.1, -0.05) is 0 Å². The van der Waals surface area contributed by atoms with Gasteiger partial charge in [0.1, 0.15) is 5.75 Å². The Labute approximate surface area is 79.8 Å². The second kappa shape index (κ2) is 4.17. The standard InChI is InChI=1S/C5H6O2S.Na/c1-7-4-2-5(6)8-3-4;/h2-3,6H,1H3;/q;+1/p-1. The Bertz CT molecular complexity index is 175. The van der Waals surface area contributed by atoms with Crippen LogP contribution in [0.25, 0.3) is 0 Å². The molecule has 0 unspecified atom stereocenters. The fourth-order valence-electron chi connectivity index (χ4n) is 0.407. The summed E-state index contributed by atoms with van der Waals surface area (Å²) in [6.07, 6.45) is 0. The van der Waals surface area contributed by atoms with E-state index in [2.05, 4.69) is 0 Å². The molecule has 0 atom stereocenters. The molecule has 9 heavy (non-hydrogen) atoms. The van der Waals surface area contributed by atoms with E-state index in [1.807, 2.05) is 0 Å². The van der Waals surface area contributed by atoms with Crippen molar-refractivity contribution in [2.75, 3.05) is 7.11 Å². The van der Waals surface area contributed by atoms with E-state index in [1.165, 1.54) is 6.07 Å². The van der Waals surface area contributed by atoms with Crippen LogP contribution in [0.15, 0.2) is 11.4 Å². The van der Waals surface area contributed by atoms with Gasteiger partial charge in [-0.15, -0.1) is 0 Å². The van der Waals surface area contributed by atoms with Gasteiger partial charge in [0.05, 0.1) is 7.11 Å². The molecule has 2 nitrogen and oxygen atoms in total. The quantitative estimate of drug-likeness (QED) is 0.429. The van der Waals surface area contributed by atoms with Gasteiger partial charge in [-0.25, -0.2) is 0 Å². The number of thiophene rings is 1. The average Bonchev–Trinajstić information content (AvgIpc) is 2.14. The van der Waals surface area contributed by atoms with Crippen molar-refractivity contribution < 1.29 is 39.4 Å². The molecule has 44 valence electrons. The number of methoxy groups -OCH3 is 1. The maximum Gasteiger partial charge on any atom is 1.00 e. The van der Waals surface area contributed by atoms with Crippen LogP contribution in [-0.2, 0) is 0 Å². The third-order valence-electron chi connectivity index (χ3n) is 0.787. The predicted octanol–water partition coefficient (Wildman–Crippen LogP) is -2.17. The topological polar surface area (TPSA) is 32.3 Å². The fraction of sp³-hybridized carbons (Fsp3) is 0.200. The largest absolute Gasteiger partial charge is 1.00 e. The van der Waals surface area contributed by atoms with E-state index in [4.69, 9.17) is 4.74 Å². The fourth-order valence-corrected chi connectivity index (χ4v) is 0.988. The molecule has 0 saturated carbocycles. The average molecular weight is 152 g/mol. The molecule has 0 aromatic carbocycles. The van der Waals surface area contributed by atoms with Crippen molar-refractivity contribution in [3.63, 3.8) is 0 Å². The second-order valence-corrected chi connectivity index (χ2v) is 2.18. The van der Waals surface area contributed by atoms with Crippen LogP contribution in [0.5, 0.6) is 10.8 Å². The molecule has 1 rings (SSSR count). The molecule has 0 spiro atoms. The Balaban J connectivity index is 0.000000640. The molecular weight excluding hydrogens is 147 g/mol. The molecule has 0 fully saturated rings. The van der Waals surface area contributed by atoms with Gasteiger partial charge in [-0.2, -0.15) is 11.3 Å². The molecule has 1 heterocycles. The first-order chi connectivity index (χ1) is 3.83. The molecule has 0 aliphatic rings. The van der Waals surface area contributed by atoms with Gasteiger partial charge in [0.25, 0.3) is 0 Å². The van der Waals surface area contributed by atoms with Crippen LogP contribution in [0, 0.1) is 0 Å². The van der Waals surface area contributed by atoms with Crippen LogP contribution < -0.4 is 39.4 Å². The van der Waals surface area contributed by atoms with E-state index in [0.717, 1.165) is 11.3 Å². The Morgan fingerprint density at radius 1 is 1.67 bits per heavy atom. The molecule has 0 bridgehead atoms. The van der Waals surface area contributed by atoms with E-state index in [-0.39, 0.29) is 34.6 Å². The van der Waals surface area contributed by atoms with Gasteiger partial charge in [-0.05, 0) is 11.1 Å². The van der Waals surface area contributed by atoms with Crippen molar-refractivity contribution in [1.82, 2.24) is 0 Å². The van der Waals surface area contributed by atoms with E-state index in [1.54, 1.807) is 12.5 Å². The molecule has 0 amide bonds. The number of ether oxygens (including phenoxy) is 1. The molecule has 1 aromatic heterocycles. The van der Waals surface area contributed by atoms with Crippen LogP contribution >= 0.6 is 11.3 Å². The monoisotopic (exact) mass is 152 g/mol. The van der Waals surface area contributed by atoms with Gasteiger partial charge in [0, 0.05) is 5.38 Å². The van der Waals surface area contributed by atoms with Gasteiger partial charge in [0.2, 0.25) is 0 Å². The van der Waals surface area contributed by atoms with E-state index in [9.17, 15) is 5.11 Å². The van der Waals surface area contributed by atoms with Crippen LogP contribution in [0.4, 0.5) is 0 Å². The Hall–Kier alpha value is 0.300. The maximum atomic E-state index is 10.4. The summed E-state index contributed by atoms with van der Waals surface area (Å²) in [6, 6.07) is 1.46. The van der Waals surface area contributed by atoms with Crippen LogP contribution in [0.1, 0.15) is 0 Å². The van der Waals surface area contributed by atoms with Gasteiger partial charge < -0.3 is 9.84 Å². The predicted molar refractivity (Wildman–Crippen MR) is 30.3 cm³/mol. The number of rotatable bonds is 1. The Morgan fingerprint density at radius 3 is 2.56 bits per heavy atom. The van der Waals surface area contributed by atoms with Crippen LogP contribution in [-0.4, -0.2) is 7.11 Å². The van der Waals surface area contributed by atoms with E-state index >= 15 is 0 Å². The van der Waals surface area contributed by atoms with Crippen molar-refractivity contribution in [3.8, 4) is 10.8 Å². The van der Waals surface area contributed by atoms with Crippen molar-refractivity contribution >= 4 is 11.3 Å². The van der Waals surface area contributed by atoms with Crippen molar-refractivity contribution in [2.45, 2.75) is 0 Å². The minimum atomic E-state index is 0. The first kappa shape index (κ1) is 9.30. The van der Waals surface area contributed by atoms with Crippen molar-refractivity contribution in [1.29, 1.82) is 0 Å². The van der Waals surface area contributed by atoms with E-state index < -0.39 is 0 Å². The first-order valence-electron chi connectivity index (χ1n) is 2.12. The summed E-state index contributed by atoms with van der Waals surface area (Å²) >= 11 is 1.15. The zero-order chi connectivity index (χ0) is 5.98. The van der Waals surface area contributed by atoms with Crippen molar-refractivity contribution in [3.05, 3.63) is 11.4 Å². The molecule has 0 saturated heterocycles. The van der Waals surface area contributed by atoms with Crippen molar-refractivity contribution in [2.24, 2.45) is 0 Å². The summed E-state index contributed by atoms with van der Waals surface area (Å²) in [7, 11) is 1.54. The van der Waals surface area contributed by atoms with Crippen LogP contribution in [0.3, 0.4) is 0 Å². The van der Waals surface area contributed by atoms with Gasteiger partial charge >= 0.3 is 29.6 Å². The zero-order valence-corrected chi connectivity index (χ0v) is 8.20. The third kappa shape index (κ3) is 2.58. The Kier molecular flexibility index (Phi) is 4.31. The number of hydrogen-bond donors (Lipinski definition) is 0. The Morgan fingerprint density at radius 2 is 2.33 bits per heavy atom. The first-order valence-corrected chi connectivity index (χ1v) is 3.00. The molecular formula is C5H5NaO2S. The molecule has 4 heteroatoms. The molecule has 0 aliphatic heterocycles. The molecule has 0 N–H and O–H groups in total. The van der Waals surface area contributed by atoms with Gasteiger partial charge in [-0.3, -0.25) is 0 Å².